The van der Waals surface area contributed by atoms with E-state index in [9.17, 15) is 0 Å². The van der Waals surface area contributed by atoms with Crippen LogP contribution in [0.15, 0.2) is 48.5 Å². The summed E-state index contributed by atoms with van der Waals surface area (Å²) >= 11 is 0. The average molecular weight is 298 g/mol. The quantitative estimate of drug-likeness (QED) is 0.723. The van der Waals surface area contributed by atoms with E-state index < -0.39 is 0 Å². The smallest absolute Gasteiger partial charge is 0.119 e. The molecule has 0 aliphatic carbocycles. The van der Waals surface area contributed by atoms with Gasteiger partial charge in [-0.15, -0.1) is 0 Å². The van der Waals surface area contributed by atoms with Gasteiger partial charge in [-0.3, -0.25) is 0 Å². The summed E-state index contributed by atoms with van der Waals surface area (Å²) in [5, 5.41) is 6.86. The summed E-state index contributed by atoms with van der Waals surface area (Å²) in [5.74, 6) is 0.930. The van der Waals surface area contributed by atoms with Gasteiger partial charge >= 0.3 is 0 Å². The summed E-state index contributed by atoms with van der Waals surface area (Å²) in [6, 6.07) is 16.7. The predicted octanol–water partition coefficient (Wildman–Crippen LogP) is 3.98. The van der Waals surface area contributed by atoms with Crippen LogP contribution in [0.4, 0.5) is 5.69 Å². The minimum absolute atomic E-state index is 0.219. The molecule has 2 rings (SSSR count). The van der Waals surface area contributed by atoms with Crippen LogP contribution in [0.2, 0.25) is 0 Å². The molecule has 0 saturated heterocycles. The van der Waals surface area contributed by atoms with Gasteiger partial charge in [0.15, 0.2) is 0 Å². The van der Waals surface area contributed by atoms with Gasteiger partial charge in [0.1, 0.15) is 5.75 Å². The zero-order valence-electron chi connectivity index (χ0n) is 13.7. The number of ether oxygens (including phenoxy) is 1. The Kier molecular flexibility index (Phi) is 6.28. The first-order valence-electron chi connectivity index (χ1n) is 7.90. The Morgan fingerprint density at radius 2 is 1.77 bits per heavy atom. The van der Waals surface area contributed by atoms with Crippen molar-refractivity contribution in [2.75, 3.05) is 18.4 Å². The van der Waals surface area contributed by atoms with E-state index in [0.717, 1.165) is 25.4 Å². The van der Waals surface area contributed by atoms with E-state index in [0.29, 0.717) is 0 Å². The van der Waals surface area contributed by atoms with Gasteiger partial charge in [0.25, 0.3) is 0 Å². The number of hydrogen-bond donors (Lipinski definition) is 2. The molecule has 0 amide bonds. The average Bonchev–Trinajstić information content (AvgIpc) is 2.48. The first kappa shape index (κ1) is 16.4. The molecule has 0 aliphatic rings. The highest BCUT2D eigenvalue weighted by atomic mass is 16.5. The Morgan fingerprint density at radius 3 is 2.45 bits per heavy atom. The molecule has 0 spiro atoms. The highest BCUT2D eigenvalue weighted by molar-refractivity contribution is 5.45. The molecule has 118 valence electrons. The lowest BCUT2D eigenvalue weighted by atomic mass is 10.2. The third-order valence-electron chi connectivity index (χ3n) is 3.27. The molecule has 0 fully saturated rings. The second-order valence-corrected chi connectivity index (χ2v) is 5.78. The van der Waals surface area contributed by atoms with Crippen LogP contribution >= 0.6 is 0 Å². The standard InChI is InChI=1S/C19H26N2O/c1-15(2)22-19-9-7-17(8-10-19)14-20-11-12-21-18-6-4-5-16(3)13-18/h4-10,13,15,20-21H,11-12,14H2,1-3H3. The highest BCUT2D eigenvalue weighted by Gasteiger charge is 1.98. The van der Waals surface area contributed by atoms with Crippen LogP contribution in [0.25, 0.3) is 0 Å². The van der Waals surface area contributed by atoms with Crippen molar-refractivity contribution in [2.24, 2.45) is 0 Å². The molecule has 0 radical (unpaired) electrons. The lowest BCUT2D eigenvalue weighted by molar-refractivity contribution is 0.242. The molecule has 0 unspecified atom stereocenters. The van der Waals surface area contributed by atoms with Gasteiger partial charge < -0.3 is 15.4 Å². The summed E-state index contributed by atoms with van der Waals surface area (Å²) < 4.78 is 5.64. The number of aryl methyl sites for hydroxylation is 1. The molecule has 0 aliphatic heterocycles. The fourth-order valence-corrected chi connectivity index (χ4v) is 2.24. The van der Waals surface area contributed by atoms with E-state index in [-0.39, 0.29) is 6.10 Å². The van der Waals surface area contributed by atoms with Gasteiger partial charge in [-0.2, -0.15) is 0 Å². The zero-order chi connectivity index (χ0) is 15.8. The van der Waals surface area contributed by atoms with Crippen LogP contribution in [0.5, 0.6) is 5.75 Å². The Labute approximate surface area is 133 Å². The third-order valence-corrected chi connectivity index (χ3v) is 3.27. The van der Waals surface area contributed by atoms with Gasteiger partial charge in [0.05, 0.1) is 6.10 Å². The minimum atomic E-state index is 0.219. The molecule has 3 heteroatoms. The van der Waals surface area contributed by atoms with Crippen molar-refractivity contribution in [3.63, 3.8) is 0 Å². The van der Waals surface area contributed by atoms with E-state index in [1.807, 2.05) is 26.0 Å². The number of anilines is 1. The molecule has 2 N–H and O–H groups in total. The van der Waals surface area contributed by atoms with Crippen molar-refractivity contribution >= 4 is 5.69 Å². The van der Waals surface area contributed by atoms with Crippen LogP contribution < -0.4 is 15.4 Å². The summed E-state index contributed by atoms with van der Waals surface area (Å²) in [6.07, 6.45) is 0.219. The summed E-state index contributed by atoms with van der Waals surface area (Å²) in [6.45, 7) is 8.90. The highest BCUT2D eigenvalue weighted by Crippen LogP contribution is 2.13. The Hall–Kier alpha value is -2.00. The molecule has 3 nitrogen and oxygen atoms in total. The number of nitrogens with one attached hydrogen (secondary N) is 2. The molecule has 22 heavy (non-hydrogen) atoms. The number of hydrogen-bond acceptors (Lipinski definition) is 3. The molecular weight excluding hydrogens is 272 g/mol. The van der Waals surface area contributed by atoms with Gasteiger partial charge in [-0.25, -0.2) is 0 Å². The topological polar surface area (TPSA) is 33.3 Å². The maximum atomic E-state index is 5.64. The van der Waals surface area contributed by atoms with Crippen molar-refractivity contribution in [3.8, 4) is 5.75 Å². The maximum absolute atomic E-state index is 5.64. The second kappa shape index (κ2) is 8.44. The number of benzene rings is 2. The first-order valence-corrected chi connectivity index (χ1v) is 7.90. The SMILES string of the molecule is Cc1cccc(NCCNCc2ccc(OC(C)C)cc2)c1. The van der Waals surface area contributed by atoms with Crippen molar-refractivity contribution in [2.45, 2.75) is 33.4 Å². The molecule has 0 saturated carbocycles. The van der Waals surface area contributed by atoms with Crippen LogP contribution in [0, 0.1) is 6.92 Å². The molecule has 2 aromatic rings. The molecule has 0 aromatic heterocycles. The molecule has 2 aromatic carbocycles. The Morgan fingerprint density at radius 1 is 1.00 bits per heavy atom. The van der Waals surface area contributed by atoms with Gasteiger partial charge in [0, 0.05) is 25.3 Å². The van der Waals surface area contributed by atoms with E-state index in [4.69, 9.17) is 4.74 Å². The Balaban J connectivity index is 1.66. The molecule has 0 heterocycles. The van der Waals surface area contributed by atoms with Gasteiger partial charge in [-0.1, -0.05) is 24.3 Å². The monoisotopic (exact) mass is 298 g/mol. The lowest BCUT2D eigenvalue weighted by Crippen LogP contribution is -2.21. The fraction of sp³-hybridized carbons (Fsp3) is 0.368. The summed E-state index contributed by atoms with van der Waals surface area (Å²) in [5.41, 5.74) is 3.73. The first-order chi connectivity index (χ1) is 10.6. The van der Waals surface area contributed by atoms with Crippen LogP contribution in [0.1, 0.15) is 25.0 Å². The van der Waals surface area contributed by atoms with Crippen LogP contribution in [-0.4, -0.2) is 19.2 Å². The molecule has 0 atom stereocenters. The number of rotatable bonds is 8. The predicted molar refractivity (Wildman–Crippen MR) is 93.6 cm³/mol. The van der Waals surface area contributed by atoms with Crippen molar-refractivity contribution in [1.82, 2.24) is 5.32 Å². The maximum Gasteiger partial charge on any atom is 0.119 e. The molecular formula is C19H26N2O. The lowest BCUT2D eigenvalue weighted by Gasteiger charge is -2.11. The summed E-state index contributed by atoms with van der Waals surface area (Å²) in [7, 11) is 0. The fourth-order valence-electron chi connectivity index (χ4n) is 2.24. The van der Waals surface area contributed by atoms with Crippen molar-refractivity contribution < 1.29 is 4.74 Å². The van der Waals surface area contributed by atoms with Gasteiger partial charge in [0.2, 0.25) is 0 Å². The van der Waals surface area contributed by atoms with Crippen molar-refractivity contribution in [3.05, 3.63) is 59.7 Å². The third kappa shape index (κ3) is 5.78. The largest absolute Gasteiger partial charge is 0.491 e. The van der Waals surface area contributed by atoms with Crippen LogP contribution in [-0.2, 0) is 6.54 Å². The molecule has 0 bridgehead atoms. The van der Waals surface area contributed by atoms with E-state index in [1.54, 1.807) is 0 Å². The minimum Gasteiger partial charge on any atom is -0.491 e. The van der Waals surface area contributed by atoms with Crippen molar-refractivity contribution in [1.29, 1.82) is 0 Å². The van der Waals surface area contributed by atoms with E-state index >= 15 is 0 Å². The van der Waals surface area contributed by atoms with E-state index in [2.05, 4.69) is 54.0 Å². The Bertz CT molecular complexity index is 564. The normalized spacial score (nSPS) is 10.7. The van der Waals surface area contributed by atoms with Gasteiger partial charge in [-0.05, 0) is 56.2 Å². The second-order valence-electron chi connectivity index (χ2n) is 5.78. The van der Waals surface area contributed by atoms with E-state index in [1.165, 1.54) is 16.8 Å². The summed E-state index contributed by atoms with van der Waals surface area (Å²) in [4.78, 5) is 0. The van der Waals surface area contributed by atoms with Crippen LogP contribution in [0.3, 0.4) is 0 Å². The zero-order valence-corrected chi connectivity index (χ0v) is 13.7.